The van der Waals surface area contributed by atoms with Crippen LogP contribution in [0.25, 0.3) is 0 Å². The van der Waals surface area contributed by atoms with Crippen LogP contribution in [-0.4, -0.2) is 51.1 Å². The monoisotopic (exact) mass is 310 g/mol. The molecule has 1 saturated carbocycles. The number of aliphatic carboxylic acids is 1. The Balaban J connectivity index is 1.74. The topological polar surface area (TPSA) is 74.0 Å². The Kier molecular flexibility index (Phi) is 3.84. The molecule has 2 unspecified atom stereocenters. The van der Waals surface area contributed by atoms with Crippen LogP contribution in [0.1, 0.15) is 18.4 Å². The first-order valence-corrected chi connectivity index (χ1v) is 8.01. The van der Waals surface area contributed by atoms with Crippen molar-refractivity contribution in [2.24, 2.45) is 5.92 Å². The Morgan fingerprint density at radius 2 is 2.29 bits per heavy atom. The minimum Gasteiger partial charge on any atom is -0.480 e. The van der Waals surface area contributed by atoms with Crippen LogP contribution in [0.5, 0.6) is 0 Å². The second-order valence-electron chi connectivity index (χ2n) is 5.59. The molecule has 1 aromatic rings. The fourth-order valence-electron chi connectivity index (χ4n) is 2.63. The zero-order chi connectivity index (χ0) is 15.0. The Labute approximate surface area is 127 Å². The number of carbonyl (C=O) groups is 2. The van der Waals surface area contributed by atoms with Gasteiger partial charge in [0.25, 0.3) is 0 Å². The number of amides is 2. The molecule has 0 bridgehead atoms. The maximum Gasteiger partial charge on any atom is 0.327 e. The number of carbonyl (C=O) groups excluding carboxylic acids is 1. The van der Waals surface area contributed by atoms with Crippen LogP contribution in [-0.2, 0) is 11.3 Å². The number of thioether (sulfide) groups is 1. The van der Waals surface area contributed by atoms with Crippen LogP contribution >= 0.6 is 11.8 Å². The van der Waals surface area contributed by atoms with Gasteiger partial charge in [0.05, 0.1) is 24.4 Å². The molecule has 7 heteroatoms. The number of carboxylic acid groups (broad SMARTS) is 1. The predicted molar refractivity (Wildman–Crippen MR) is 77.8 cm³/mol. The van der Waals surface area contributed by atoms with Gasteiger partial charge in [-0.05, 0) is 24.8 Å². The molecule has 1 aliphatic heterocycles. The van der Waals surface area contributed by atoms with Gasteiger partial charge in [-0.1, -0.05) is 0 Å². The summed E-state index contributed by atoms with van der Waals surface area (Å²) in [5.41, 5.74) is 0.896. The normalized spacial score (nSPS) is 25.1. The van der Waals surface area contributed by atoms with Gasteiger partial charge in [-0.2, -0.15) is 0 Å². The first-order valence-electron chi connectivity index (χ1n) is 6.97. The van der Waals surface area contributed by atoms with Crippen LogP contribution in [0.3, 0.4) is 0 Å². The number of rotatable bonds is 4. The van der Waals surface area contributed by atoms with E-state index < -0.39 is 12.0 Å². The lowest BCUT2D eigenvalue weighted by molar-refractivity contribution is -0.141. The van der Waals surface area contributed by atoms with Gasteiger partial charge in [0.2, 0.25) is 0 Å². The highest BCUT2D eigenvalue weighted by Crippen LogP contribution is 2.45. The van der Waals surface area contributed by atoms with Crippen LogP contribution < -0.4 is 0 Å². The van der Waals surface area contributed by atoms with E-state index in [0.717, 1.165) is 18.4 Å². The molecule has 3 rings (SSSR count). The fourth-order valence-corrected chi connectivity index (χ4v) is 4.25. The lowest BCUT2D eigenvalue weighted by Crippen LogP contribution is -2.51. The molecule has 0 spiro atoms. The summed E-state index contributed by atoms with van der Waals surface area (Å²) in [5, 5.41) is 9.36. The number of carboxylic acids is 1. The predicted octanol–water partition coefficient (Wildman–Crippen LogP) is 2.07. The largest absolute Gasteiger partial charge is 0.480 e. The first-order chi connectivity index (χ1) is 10.1. The van der Waals surface area contributed by atoms with Crippen molar-refractivity contribution in [3.05, 3.63) is 24.2 Å². The summed E-state index contributed by atoms with van der Waals surface area (Å²) >= 11 is 1.59. The minimum absolute atomic E-state index is 0.00500. The van der Waals surface area contributed by atoms with Gasteiger partial charge >= 0.3 is 12.0 Å². The van der Waals surface area contributed by atoms with E-state index in [9.17, 15) is 14.7 Å². The molecule has 1 N–H and O–H groups in total. The molecular weight excluding hydrogens is 292 g/mol. The van der Waals surface area contributed by atoms with E-state index in [2.05, 4.69) is 0 Å². The first kappa shape index (κ1) is 14.3. The van der Waals surface area contributed by atoms with Gasteiger partial charge < -0.3 is 14.4 Å². The quantitative estimate of drug-likeness (QED) is 0.921. The van der Waals surface area contributed by atoms with Crippen LogP contribution in [0.2, 0.25) is 0 Å². The third kappa shape index (κ3) is 2.88. The summed E-state index contributed by atoms with van der Waals surface area (Å²) < 4.78 is 5.00. The summed E-state index contributed by atoms with van der Waals surface area (Å²) in [5.74, 6) is 0.00301. The SMILES string of the molecule is CN(Cc1ccoc1)C(=O)N1C(C(=O)O)CSC1C1CC1. The molecule has 2 atom stereocenters. The van der Waals surface area contributed by atoms with Crippen molar-refractivity contribution in [2.45, 2.75) is 30.8 Å². The maximum absolute atomic E-state index is 12.7. The van der Waals surface area contributed by atoms with Crippen molar-refractivity contribution in [1.29, 1.82) is 0 Å². The summed E-state index contributed by atoms with van der Waals surface area (Å²) in [6, 6.07) is 0.862. The van der Waals surface area contributed by atoms with Gasteiger partial charge in [-0.3, -0.25) is 4.90 Å². The van der Waals surface area contributed by atoms with E-state index in [-0.39, 0.29) is 11.4 Å². The fraction of sp³-hybridized carbons (Fsp3) is 0.571. The molecule has 2 amide bonds. The van der Waals surface area contributed by atoms with Gasteiger partial charge in [0.1, 0.15) is 6.04 Å². The van der Waals surface area contributed by atoms with Crippen molar-refractivity contribution in [2.75, 3.05) is 12.8 Å². The highest BCUT2D eigenvalue weighted by molar-refractivity contribution is 8.00. The molecule has 6 nitrogen and oxygen atoms in total. The van der Waals surface area contributed by atoms with E-state index in [0.29, 0.717) is 18.2 Å². The van der Waals surface area contributed by atoms with Crippen molar-refractivity contribution >= 4 is 23.8 Å². The van der Waals surface area contributed by atoms with Crippen LogP contribution in [0.4, 0.5) is 4.79 Å². The van der Waals surface area contributed by atoms with E-state index in [1.165, 1.54) is 0 Å². The van der Waals surface area contributed by atoms with Gasteiger partial charge in [-0.25, -0.2) is 9.59 Å². The highest BCUT2D eigenvalue weighted by atomic mass is 32.2. The average molecular weight is 310 g/mol. The highest BCUT2D eigenvalue weighted by Gasteiger charge is 2.48. The van der Waals surface area contributed by atoms with Crippen molar-refractivity contribution in [3.8, 4) is 0 Å². The maximum atomic E-state index is 12.7. The van der Waals surface area contributed by atoms with Crippen LogP contribution in [0.15, 0.2) is 23.0 Å². The molecule has 2 aliphatic rings. The molecule has 114 valence electrons. The van der Waals surface area contributed by atoms with Gasteiger partial charge in [0.15, 0.2) is 0 Å². The van der Waals surface area contributed by atoms with E-state index in [4.69, 9.17) is 4.42 Å². The average Bonchev–Trinajstić information content (AvgIpc) is 3.00. The summed E-state index contributed by atoms with van der Waals surface area (Å²) in [7, 11) is 1.70. The Hall–Kier alpha value is -1.63. The lowest BCUT2D eigenvalue weighted by atomic mass is 10.2. The molecule has 2 heterocycles. The number of urea groups is 1. The molecule has 1 saturated heterocycles. The standard InChI is InChI=1S/C14H18N2O4S/c1-15(6-9-4-5-20-7-9)14(19)16-11(13(17)18)8-21-12(16)10-2-3-10/h4-5,7,10-12H,2-3,6,8H2,1H3,(H,17,18). The van der Waals surface area contributed by atoms with Crippen molar-refractivity contribution < 1.29 is 19.1 Å². The van der Waals surface area contributed by atoms with Crippen molar-refractivity contribution in [1.82, 2.24) is 9.80 Å². The second-order valence-corrected chi connectivity index (χ2v) is 6.74. The number of furan rings is 1. The lowest BCUT2D eigenvalue weighted by Gasteiger charge is -2.31. The summed E-state index contributed by atoms with van der Waals surface area (Å²) in [4.78, 5) is 27.2. The number of hydrogen-bond acceptors (Lipinski definition) is 4. The number of hydrogen-bond donors (Lipinski definition) is 1. The smallest absolute Gasteiger partial charge is 0.327 e. The molecular formula is C14H18N2O4S. The van der Waals surface area contributed by atoms with Gasteiger partial charge in [-0.15, -0.1) is 11.8 Å². The second kappa shape index (κ2) is 5.63. The summed E-state index contributed by atoms with van der Waals surface area (Å²) in [6.07, 6.45) is 5.32. The summed E-state index contributed by atoms with van der Waals surface area (Å²) in [6.45, 7) is 0.417. The Bertz CT molecular complexity index is 529. The molecule has 2 fully saturated rings. The Morgan fingerprint density at radius 1 is 1.52 bits per heavy atom. The molecule has 1 aromatic heterocycles. The molecule has 1 aliphatic carbocycles. The zero-order valence-electron chi connectivity index (χ0n) is 11.8. The van der Waals surface area contributed by atoms with E-state index >= 15 is 0 Å². The third-order valence-electron chi connectivity index (χ3n) is 3.89. The van der Waals surface area contributed by atoms with Crippen molar-refractivity contribution in [3.63, 3.8) is 0 Å². The molecule has 0 radical (unpaired) electrons. The third-order valence-corrected chi connectivity index (χ3v) is 5.35. The van der Waals surface area contributed by atoms with E-state index in [1.807, 2.05) is 0 Å². The minimum atomic E-state index is -0.921. The van der Waals surface area contributed by atoms with Crippen LogP contribution in [0, 0.1) is 5.92 Å². The Morgan fingerprint density at radius 3 is 2.86 bits per heavy atom. The van der Waals surface area contributed by atoms with Gasteiger partial charge in [0, 0.05) is 18.4 Å². The molecule has 0 aromatic carbocycles. The zero-order valence-corrected chi connectivity index (χ0v) is 12.6. The van der Waals surface area contributed by atoms with E-state index in [1.54, 1.807) is 47.2 Å². The molecule has 21 heavy (non-hydrogen) atoms. The number of nitrogens with zero attached hydrogens (tertiary/aromatic N) is 2.